The fourth-order valence-electron chi connectivity index (χ4n) is 3.29. The molecule has 0 amide bonds. The second-order valence-corrected chi connectivity index (χ2v) is 13.9. The van der Waals surface area contributed by atoms with Crippen LogP contribution in [-0.2, 0) is 6.42 Å². The van der Waals surface area contributed by atoms with Gasteiger partial charge in [-0.05, 0) is 53.3 Å². The van der Waals surface area contributed by atoms with Crippen molar-refractivity contribution in [1.82, 2.24) is 4.98 Å². The van der Waals surface area contributed by atoms with Gasteiger partial charge in [0.2, 0.25) is 0 Å². The van der Waals surface area contributed by atoms with Crippen LogP contribution in [0, 0.1) is 5.82 Å². The number of rotatable bonds is 9. The summed E-state index contributed by atoms with van der Waals surface area (Å²) in [6.07, 6.45) is 4.05. The largest absolute Gasteiger partial charge is 0.454 e. The fraction of sp³-hybridized carbons (Fsp3) is 0.292. The highest BCUT2D eigenvalue weighted by atomic mass is 32.2. The molecule has 0 saturated heterocycles. The van der Waals surface area contributed by atoms with E-state index in [1.807, 2.05) is 42.5 Å². The van der Waals surface area contributed by atoms with Gasteiger partial charge in [-0.2, -0.15) is 0 Å². The number of halogens is 1. The third-order valence-electron chi connectivity index (χ3n) is 5.04. The van der Waals surface area contributed by atoms with E-state index in [1.54, 1.807) is 11.8 Å². The molecule has 3 rings (SSSR count). The Labute approximate surface area is 178 Å². The highest BCUT2D eigenvalue weighted by molar-refractivity contribution is 7.99. The second-order valence-electron chi connectivity index (χ2n) is 7.74. The summed E-state index contributed by atoms with van der Waals surface area (Å²) >= 11 is 1.77. The van der Waals surface area contributed by atoms with E-state index >= 15 is 0 Å². The summed E-state index contributed by atoms with van der Waals surface area (Å²) in [7, 11) is -1.54. The lowest BCUT2D eigenvalue weighted by Crippen LogP contribution is -2.41. The molecule has 0 unspecified atom stereocenters. The zero-order valence-electron chi connectivity index (χ0n) is 17.3. The minimum absolute atomic E-state index is 0.290. The van der Waals surface area contributed by atoms with Crippen LogP contribution in [0.5, 0.6) is 11.5 Å². The summed E-state index contributed by atoms with van der Waals surface area (Å²) in [4.78, 5) is 4.60. The predicted molar refractivity (Wildman–Crippen MR) is 124 cm³/mol. The van der Waals surface area contributed by atoms with Gasteiger partial charge in [-0.15, -0.1) is 11.8 Å². The van der Waals surface area contributed by atoms with Crippen LogP contribution in [-0.4, -0.2) is 18.8 Å². The van der Waals surface area contributed by atoms with Crippen molar-refractivity contribution in [2.45, 2.75) is 43.9 Å². The third kappa shape index (κ3) is 6.18. The van der Waals surface area contributed by atoms with Gasteiger partial charge in [-0.25, -0.2) is 4.39 Å². The molecule has 0 atom stereocenters. The van der Waals surface area contributed by atoms with Gasteiger partial charge in [0.1, 0.15) is 5.75 Å². The zero-order chi connectivity index (χ0) is 20.7. The maximum Gasteiger partial charge on any atom is 0.165 e. The van der Waals surface area contributed by atoms with Crippen molar-refractivity contribution in [3.8, 4) is 11.5 Å². The fourth-order valence-corrected chi connectivity index (χ4v) is 6.17. The topological polar surface area (TPSA) is 22.1 Å². The molecule has 2 nitrogen and oxygen atoms in total. The Morgan fingerprint density at radius 3 is 2.52 bits per heavy atom. The van der Waals surface area contributed by atoms with Crippen molar-refractivity contribution in [3.63, 3.8) is 0 Å². The Morgan fingerprint density at radius 2 is 1.83 bits per heavy atom. The lowest BCUT2D eigenvalue weighted by Gasteiger charge is -2.22. The minimum atomic E-state index is -1.54. The molecule has 29 heavy (non-hydrogen) atoms. The van der Waals surface area contributed by atoms with Crippen LogP contribution in [0.1, 0.15) is 18.9 Å². The lowest BCUT2D eigenvalue weighted by molar-refractivity contribution is 0.441. The molecule has 1 heterocycles. The van der Waals surface area contributed by atoms with Crippen LogP contribution in [0.15, 0.2) is 71.9 Å². The molecule has 2 aromatic carbocycles. The van der Waals surface area contributed by atoms with Crippen LogP contribution in [0.2, 0.25) is 19.1 Å². The van der Waals surface area contributed by atoms with E-state index in [-0.39, 0.29) is 5.82 Å². The van der Waals surface area contributed by atoms with E-state index in [1.165, 1.54) is 17.3 Å². The Balaban J connectivity index is 1.60. The molecular formula is C24H28FNOSSi. The summed E-state index contributed by atoms with van der Waals surface area (Å²) in [5, 5.41) is 2.49. The maximum atomic E-state index is 14.1. The molecule has 0 aliphatic heterocycles. The molecule has 0 radical (unpaired) electrons. The van der Waals surface area contributed by atoms with E-state index in [4.69, 9.17) is 4.74 Å². The summed E-state index contributed by atoms with van der Waals surface area (Å²) in [6.45, 7) is 6.93. The molecule has 1 aromatic heterocycles. The number of ether oxygens (including phenoxy) is 1. The number of pyridine rings is 1. The first-order valence-electron chi connectivity index (χ1n) is 10.1. The van der Waals surface area contributed by atoms with Gasteiger partial charge in [0.15, 0.2) is 11.6 Å². The maximum absolute atomic E-state index is 14.1. The summed E-state index contributed by atoms with van der Waals surface area (Å²) in [6, 6.07) is 20.1. The number of hydrogen-bond donors (Lipinski definition) is 0. The third-order valence-corrected chi connectivity index (χ3v) is 9.33. The van der Waals surface area contributed by atoms with Gasteiger partial charge in [0.05, 0.1) is 13.1 Å². The highest BCUT2D eigenvalue weighted by Gasteiger charge is 2.23. The van der Waals surface area contributed by atoms with E-state index in [0.717, 1.165) is 29.2 Å². The van der Waals surface area contributed by atoms with Crippen LogP contribution < -0.4 is 9.92 Å². The normalized spacial score (nSPS) is 11.4. The number of aryl methyl sites for hydroxylation is 1. The van der Waals surface area contributed by atoms with Crippen molar-refractivity contribution < 1.29 is 9.13 Å². The first-order chi connectivity index (χ1) is 14.0. The molecule has 0 bridgehead atoms. The summed E-state index contributed by atoms with van der Waals surface area (Å²) < 4.78 is 19.9. The van der Waals surface area contributed by atoms with Crippen molar-refractivity contribution in [1.29, 1.82) is 0 Å². The van der Waals surface area contributed by atoms with E-state index in [9.17, 15) is 4.39 Å². The van der Waals surface area contributed by atoms with Crippen LogP contribution in [0.4, 0.5) is 4.39 Å². The molecule has 0 aliphatic rings. The van der Waals surface area contributed by atoms with Crippen LogP contribution in [0.25, 0.3) is 0 Å². The number of para-hydroxylation sites is 1. The first-order valence-corrected chi connectivity index (χ1v) is 14.3. The van der Waals surface area contributed by atoms with Crippen molar-refractivity contribution >= 4 is 25.0 Å². The number of benzene rings is 2. The number of thioether (sulfide) groups is 1. The Morgan fingerprint density at radius 1 is 1.03 bits per heavy atom. The smallest absolute Gasteiger partial charge is 0.165 e. The van der Waals surface area contributed by atoms with E-state index in [0.29, 0.717) is 11.5 Å². The number of hydrogen-bond acceptors (Lipinski definition) is 3. The summed E-state index contributed by atoms with van der Waals surface area (Å²) in [5.41, 5.74) is 1.11. The average molecular weight is 426 g/mol. The first kappa shape index (κ1) is 21.6. The predicted octanol–water partition coefficient (Wildman–Crippen LogP) is 6.67. The van der Waals surface area contributed by atoms with Crippen molar-refractivity contribution in [2.24, 2.45) is 0 Å². The minimum Gasteiger partial charge on any atom is -0.454 e. The zero-order valence-corrected chi connectivity index (χ0v) is 19.1. The summed E-state index contributed by atoms with van der Waals surface area (Å²) in [5.74, 6) is 1.65. The monoisotopic (exact) mass is 425 g/mol. The highest BCUT2D eigenvalue weighted by Crippen LogP contribution is 2.26. The van der Waals surface area contributed by atoms with Gasteiger partial charge in [-0.3, -0.25) is 4.98 Å². The van der Waals surface area contributed by atoms with Crippen LogP contribution >= 0.6 is 11.8 Å². The molecule has 0 aliphatic carbocycles. The van der Waals surface area contributed by atoms with Crippen molar-refractivity contribution in [2.75, 3.05) is 5.75 Å². The molecular weight excluding hydrogens is 397 g/mol. The molecule has 0 saturated carbocycles. The molecule has 0 fully saturated rings. The molecule has 3 aromatic rings. The quantitative estimate of drug-likeness (QED) is 0.282. The average Bonchev–Trinajstić information content (AvgIpc) is 2.72. The van der Waals surface area contributed by atoms with Gasteiger partial charge in [-0.1, -0.05) is 62.8 Å². The molecule has 0 spiro atoms. The van der Waals surface area contributed by atoms with Crippen LogP contribution in [0.3, 0.4) is 0 Å². The standard InChI is InChI=1S/C24H28FNOSSi/c1-4-28-24-15-13-21(18-26-24)29(2,3)16-8-9-19-12-14-22(25)23(17-19)27-20-10-6-5-7-11-20/h5-7,10-15,17-18H,4,8-9,16H2,1-3H3. The van der Waals surface area contributed by atoms with E-state index in [2.05, 4.69) is 43.3 Å². The number of nitrogens with zero attached hydrogens (tertiary/aromatic N) is 1. The van der Waals surface area contributed by atoms with Gasteiger partial charge >= 0.3 is 0 Å². The number of aromatic nitrogens is 1. The SMILES string of the molecule is CCSc1ccc([Si](C)(C)CCCc2ccc(F)c(Oc3ccccc3)c2)cn1. The van der Waals surface area contributed by atoms with Gasteiger partial charge < -0.3 is 4.74 Å². The Kier molecular flexibility index (Phi) is 7.50. The van der Waals surface area contributed by atoms with Gasteiger partial charge in [0, 0.05) is 6.20 Å². The Hall–Kier alpha value is -2.11. The molecule has 0 N–H and O–H groups in total. The molecule has 152 valence electrons. The van der Waals surface area contributed by atoms with Gasteiger partial charge in [0.25, 0.3) is 0 Å². The van der Waals surface area contributed by atoms with E-state index < -0.39 is 8.07 Å². The second kappa shape index (κ2) is 10.1. The Bertz CT molecular complexity index is 916. The molecule has 5 heteroatoms. The lowest BCUT2D eigenvalue weighted by atomic mass is 10.1. The van der Waals surface area contributed by atoms with Crippen molar-refractivity contribution in [3.05, 3.63) is 78.2 Å².